The van der Waals surface area contributed by atoms with Crippen LogP contribution in [0.25, 0.3) is 242 Å². The van der Waals surface area contributed by atoms with E-state index in [-0.39, 0.29) is 17.5 Å². The normalized spacial score (nSPS) is 13.9. The molecular weight excluding hydrogens is 1840 g/mol. The van der Waals surface area contributed by atoms with Gasteiger partial charge in [0.05, 0.1) is 67.7 Å². The highest BCUT2D eigenvalue weighted by atomic mass is 32.1. The van der Waals surface area contributed by atoms with E-state index in [1.807, 2.05) is 90.6 Å². The van der Waals surface area contributed by atoms with Crippen LogP contribution in [0, 0.1) is 0 Å². The van der Waals surface area contributed by atoms with Crippen molar-refractivity contribution >= 4 is 131 Å². The Kier molecular flexibility index (Phi) is 21.3. The van der Waals surface area contributed by atoms with Gasteiger partial charge in [-0.15, -0.1) is 11.3 Å². The molecule has 12 nitrogen and oxygen atoms in total. The summed E-state index contributed by atoms with van der Waals surface area (Å²) in [5.41, 5.74) is 35.0. The highest BCUT2D eigenvalue weighted by molar-refractivity contribution is 7.26. The quantitative estimate of drug-likeness (QED) is 0.112. The Bertz CT molecular complexity index is 9980. The van der Waals surface area contributed by atoms with E-state index in [4.69, 9.17) is 39.3 Å². The number of anilines is 1. The average molecular weight is 1930 g/mol. The van der Waals surface area contributed by atoms with Gasteiger partial charge in [0.1, 0.15) is 11.2 Å². The van der Waals surface area contributed by atoms with Crippen LogP contribution < -0.4 is 4.90 Å². The first kappa shape index (κ1) is 87.6. The summed E-state index contributed by atoms with van der Waals surface area (Å²) in [5.74, 6) is 3.00. The fourth-order valence-corrected chi connectivity index (χ4v) is 24.1. The van der Waals surface area contributed by atoms with E-state index in [1.54, 1.807) is 0 Å². The molecule has 13 heteroatoms. The van der Waals surface area contributed by atoms with Gasteiger partial charge in [-0.3, -0.25) is 4.57 Å². The van der Waals surface area contributed by atoms with Gasteiger partial charge in [0.25, 0.3) is 0 Å². The fraction of sp³-hybridized carbons (Fsp3) is 0.0368. The molecule has 702 valence electrons. The minimum Gasteiger partial charge on any atom is -0.455 e. The van der Waals surface area contributed by atoms with Crippen LogP contribution in [0.2, 0.25) is 0 Å². The number of rotatable bonds is 13. The number of hydrogen-bond donors (Lipinski definition) is 0. The first-order valence-electron chi connectivity index (χ1n) is 50.6. The summed E-state index contributed by atoms with van der Waals surface area (Å²) in [6, 6.07) is 163. The summed E-state index contributed by atoms with van der Waals surface area (Å²) in [5, 5.41) is 12.1. The zero-order valence-corrected chi connectivity index (χ0v) is 82.1. The van der Waals surface area contributed by atoms with Crippen LogP contribution in [0.15, 0.2) is 513 Å². The number of furan rings is 1. The zero-order valence-electron chi connectivity index (χ0n) is 81.3. The van der Waals surface area contributed by atoms with Crippen molar-refractivity contribution < 1.29 is 4.42 Å². The number of nitrogens with zero attached hydrogens (tertiary/aromatic N) is 11. The number of allylic oxidation sites excluding steroid dienone is 2. The third-order valence-corrected chi connectivity index (χ3v) is 31.1. The van der Waals surface area contributed by atoms with E-state index in [9.17, 15) is 0 Å². The largest absolute Gasteiger partial charge is 0.455 e. The third-order valence-electron chi connectivity index (χ3n) is 29.9. The van der Waals surface area contributed by atoms with Gasteiger partial charge in [-0.1, -0.05) is 384 Å². The van der Waals surface area contributed by atoms with Crippen molar-refractivity contribution in [3.63, 3.8) is 0 Å². The molecule has 0 spiro atoms. The molecule has 2 atom stereocenters. The predicted molar refractivity (Wildman–Crippen MR) is 617 cm³/mol. The van der Waals surface area contributed by atoms with Gasteiger partial charge in [-0.05, 0) is 176 Å². The number of para-hydroxylation sites is 4. The standard InChI is InChI=1S/C50H37N5.C46H29N3O.C40H25N3S/c1-50(2)40-26-23-34(32-14-6-3-7-15-32)30-39(40)37-25-27-44-46(47(37)50)38-24-22-35(48-51-29-28-41(52-48)33-16-8-4-9-17-33)31-45(38)55(44)49-53-42-20-12-13-21-43(42)54(49)36-18-10-5-11-19-36;1-3-10-30(11-4-1)31-18-20-32(21-19-31)33-12-9-13-34(26-33)36-28-47-46(48-29-36)35-22-23-40-42(27-35)49(37-14-5-2-6-15-37)41-25-24-39-38-16-7-8-17-43(38)50-45(39)44(40)41;1-4-12-26(13-5-1)33-25-34(27-14-6-2-7-15-27)42-40(41-33)28-20-21-32-36(24-28)43(29-16-8-3-9-17-29)35-23-22-31-30-18-10-11-19-37(30)44-39(31)38(32)35/h3-31,42-43H,1-2H3;1-29H;1-25H. The van der Waals surface area contributed by atoms with E-state index in [2.05, 4.69) is 457 Å². The molecule has 149 heavy (non-hydrogen) atoms. The Labute approximate surface area is 863 Å². The van der Waals surface area contributed by atoms with Crippen LogP contribution in [0.1, 0.15) is 25.0 Å². The van der Waals surface area contributed by atoms with Crippen molar-refractivity contribution in [2.75, 3.05) is 4.90 Å². The molecule has 1 aliphatic heterocycles. The van der Waals surface area contributed by atoms with Gasteiger partial charge in [-0.25, -0.2) is 34.9 Å². The van der Waals surface area contributed by atoms with Crippen LogP contribution in [-0.4, -0.2) is 61.6 Å². The average Bonchev–Trinajstić information content (AvgIpc) is 1.53. The minimum absolute atomic E-state index is 0.00620. The fourth-order valence-electron chi connectivity index (χ4n) is 22.8. The molecule has 0 fully saturated rings. The molecule has 9 heterocycles. The number of aromatic nitrogens is 9. The highest BCUT2D eigenvalue weighted by Crippen LogP contribution is 2.56. The van der Waals surface area contributed by atoms with E-state index in [1.165, 1.54) is 97.3 Å². The highest BCUT2D eigenvalue weighted by Gasteiger charge is 2.42. The maximum Gasteiger partial charge on any atom is 0.211 e. The molecule has 3 aliphatic rings. The van der Waals surface area contributed by atoms with Crippen molar-refractivity contribution in [1.29, 1.82) is 0 Å². The van der Waals surface area contributed by atoms with Gasteiger partial charge >= 0.3 is 0 Å². The second-order valence-corrected chi connectivity index (χ2v) is 40.0. The molecule has 8 aromatic heterocycles. The van der Waals surface area contributed by atoms with Gasteiger partial charge in [0.2, 0.25) is 5.96 Å². The molecule has 27 aromatic rings. The lowest BCUT2D eigenvalue weighted by molar-refractivity contribution is 0.666. The first-order valence-corrected chi connectivity index (χ1v) is 51.4. The van der Waals surface area contributed by atoms with Crippen LogP contribution in [0.3, 0.4) is 0 Å². The van der Waals surface area contributed by atoms with Gasteiger partial charge in [0, 0.05) is 138 Å². The van der Waals surface area contributed by atoms with Gasteiger partial charge in [-0.2, -0.15) is 0 Å². The SMILES string of the molecule is CC1(C)c2ccc(-c3ccccc3)cc2-c2ccc3c(c21)c1ccc(-c2nccc(-c4ccccc4)n2)cc1n3C1=NC2C=CC=CC2N1c1ccccc1.c1ccc(-c2cc(-c3ccccc3)nc(-c3ccc4c5c6sc7ccccc7c6ccc5n(-c5ccccc5)c4c3)n2)cc1.c1ccc(-c2ccc(-c3cccc(-c4cnc(-c5ccc6c7c8oc9ccccc9c8ccc7n(-c7ccccc7)c6c5)nc4)c3)cc2)cc1. The minimum atomic E-state index is -0.236. The lowest BCUT2D eigenvalue weighted by Gasteiger charge is -2.29. The molecular formula is C136H91N11OS. The summed E-state index contributed by atoms with van der Waals surface area (Å²) >= 11 is 1.88. The molecule has 0 radical (unpaired) electrons. The molecule has 2 unspecified atom stereocenters. The zero-order chi connectivity index (χ0) is 98.7. The van der Waals surface area contributed by atoms with Gasteiger partial charge in [0.15, 0.2) is 17.5 Å². The molecule has 0 saturated heterocycles. The Hall–Kier alpha value is -19.2. The molecule has 0 saturated carbocycles. The monoisotopic (exact) mass is 1930 g/mol. The Morgan fingerprint density at radius 2 is 0.725 bits per heavy atom. The number of thiophene rings is 1. The Morgan fingerprint density at radius 1 is 0.282 bits per heavy atom. The van der Waals surface area contributed by atoms with Crippen molar-refractivity contribution in [2.45, 2.75) is 31.3 Å². The lowest BCUT2D eigenvalue weighted by Crippen LogP contribution is -2.41. The number of benzene rings is 19. The maximum absolute atomic E-state index is 6.52. The van der Waals surface area contributed by atoms with Crippen LogP contribution in [-0.2, 0) is 5.41 Å². The van der Waals surface area contributed by atoms with E-state index >= 15 is 0 Å². The Morgan fingerprint density at radius 3 is 1.36 bits per heavy atom. The first-order chi connectivity index (χ1) is 73.6. The number of hydrogen-bond acceptors (Lipinski definition) is 10. The van der Waals surface area contributed by atoms with E-state index in [0.717, 1.165) is 150 Å². The summed E-state index contributed by atoms with van der Waals surface area (Å²) < 4.78 is 16.2. The molecule has 0 amide bonds. The Balaban J connectivity index is 0.000000108. The maximum atomic E-state index is 6.52. The van der Waals surface area contributed by atoms with Crippen molar-refractivity contribution in [3.8, 4) is 135 Å². The van der Waals surface area contributed by atoms with Crippen molar-refractivity contribution in [3.05, 3.63) is 515 Å². The summed E-state index contributed by atoms with van der Waals surface area (Å²) in [6.45, 7) is 4.76. The lowest BCUT2D eigenvalue weighted by atomic mass is 9.80. The topological polar surface area (TPSA) is 121 Å². The van der Waals surface area contributed by atoms with E-state index < -0.39 is 0 Å². The summed E-state index contributed by atoms with van der Waals surface area (Å²) in [7, 11) is 0. The third kappa shape index (κ3) is 15.2. The second kappa shape index (κ2) is 36.3. The van der Waals surface area contributed by atoms with Crippen LogP contribution in [0.4, 0.5) is 5.69 Å². The predicted octanol–water partition coefficient (Wildman–Crippen LogP) is 34.6. The molecule has 0 bridgehead atoms. The smallest absolute Gasteiger partial charge is 0.211 e. The van der Waals surface area contributed by atoms with Crippen molar-refractivity contribution in [2.24, 2.45) is 4.99 Å². The number of fused-ring (bicyclic) bond motifs is 22. The van der Waals surface area contributed by atoms with Gasteiger partial charge < -0.3 is 18.5 Å². The molecule has 2 aliphatic carbocycles. The summed E-state index contributed by atoms with van der Waals surface area (Å²) in [4.78, 5) is 37.8. The molecule has 30 rings (SSSR count). The summed E-state index contributed by atoms with van der Waals surface area (Å²) in [6.07, 6.45) is 14.5. The molecule has 0 N–H and O–H groups in total. The van der Waals surface area contributed by atoms with Crippen LogP contribution in [0.5, 0.6) is 0 Å². The molecule has 19 aromatic carbocycles. The second-order valence-electron chi connectivity index (χ2n) is 38.9. The van der Waals surface area contributed by atoms with Crippen molar-refractivity contribution in [1.82, 2.24) is 43.6 Å². The number of aliphatic imine (C=N–C) groups is 1. The van der Waals surface area contributed by atoms with Crippen LogP contribution >= 0.6 is 11.3 Å². The van der Waals surface area contributed by atoms with E-state index in [0.29, 0.717) is 17.5 Å².